The van der Waals surface area contributed by atoms with Crippen molar-refractivity contribution in [2.45, 2.75) is 104 Å². The molecule has 0 unspecified atom stereocenters. The van der Waals surface area contributed by atoms with Crippen LogP contribution in [0.2, 0.25) is 0 Å². The highest BCUT2D eigenvalue weighted by atomic mass is 16.5. The molecule has 0 aliphatic heterocycles. The SMILES string of the molecule is CCCCCCCCCCC[C@H](CC(=O)C(C)(C)C)OC. The maximum absolute atomic E-state index is 12.0. The van der Waals surface area contributed by atoms with Crippen LogP contribution in [0.15, 0.2) is 0 Å². The Hall–Kier alpha value is -0.370. The van der Waals surface area contributed by atoms with Crippen LogP contribution < -0.4 is 0 Å². The molecule has 126 valence electrons. The second-order valence-corrected chi connectivity index (χ2v) is 7.35. The van der Waals surface area contributed by atoms with Crippen LogP contribution in [0.4, 0.5) is 0 Å². The fourth-order valence-electron chi connectivity index (χ4n) is 2.50. The van der Waals surface area contributed by atoms with Gasteiger partial charge in [0.05, 0.1) is 6.10 Å². The molecule has 21 heavy (non-hydrogen) atoms. The number of methoxy groups -OCH3 is 1. The summed E-state index contributed by atoms with van der Waals surface area (Å²) in [5.74, 6) is 0.310. The minimum absolute atomic E-state index is 0.112. The summed E-state index contributed by atoms with van der Waals surface area (Å²) in [6, 6.07) is 0. The molecule has 0 saturated carbocycles. The number of rotatable bonds is 13. The number of hydrogen-bond donors (Lipinski definition) is 0. The fraction of sp³-hybridized carbons (Fsp3) is 0.947. The molecular weight excluding hydrogens is 260 g/mol. The Kier molecular flexibility index (Phi) is 12.0. The van der Waals surface area contributed by atoms with E-state index in [0.29, 0.717) is 12.2 Å². The number of ether oxygens (including phenoxy) is 1. The Balaban J connectivity index is 3.58. The van der Waals surface area contributed by atoms with Crippen molar-refractivity contribution in [1.29, 1.82) is 0 Å². The van der Waals surface area contributed by atoms with E-state index in [1.807, 2.05) is 20.8 Å². The van der Waals surface area contributed by atoms with E-state index in [0.717, 1.165) is 6.42 Å². The van der Waals surface area contributed by atoms with Crippen molar-refractivity contribution in [3.05, 3.63) is 0 Å². The summed E-state index contributed by atoms with van der Waals surface area (Å²) in [4.78, 5) is 12.0. The number of hydrogen-bond acceptors (Lipinski definition) is 2. The van der Waals surface area contributed by atoms with Gasteiger partial charge in [-0.1, -0.05) is 85.5 Å². The molecule has 0 rings (SSSR count). The van der Waals surface area contributed by atoms with Crippen molar-refractivity contribution >= 4 is 5.78 Å². The second-order valence-electron chi connectivity index (χ2n) is 7.35. The molecule has 2 heteroatoms. The molecule has 0 heterocycles. The summed E-state index contributed by atoms with van der Waals surface area (Å²) in [5.41, 5.74) is -0.241. The zero-order chi connectivity index (χ0) is 16.1. The van der Waals surface area contributed by atoms with E-state index in [2.05, 4.69) is 6.92 Å². The molecule has 0 aliphatic carbocycles. The zero-order valence-corrected chi connectivity index (χ0v) is 15.2. The number of carbonyl (C=O) groups excluding carboxylic acids is 1. The van der Waals surface area contributed by atoms with Crippen LogP contribution in [0.1, 0.15) is 98.3 Å². The maximum atomic E-state index is 12.0. The van der Waals surface area contributed by atoms with Gasteiger partial charge in [-0.25, -0.2) is 0 Å². The molecule has 0 saturated heterocycles. The topological polar surface area (TPSA) is 26.3 Å². The second kappa shape index (κ2) is 12.2. The van der Waals surface area contributed by atoms with Gasteiger partial charge < -0.3 is 4.74 Å². The average Bonchev–Trinajstić information content (AvgIpc) is 2.43. The van der Waals surface area contributed by atoms with Gasteiger partial charge in [0.1, 0.15) is 5.78 Å². The highest BCUT2D eigenvalue weighted by molar-refractivity contribution is 5.84. The average molecular weight is 299 g/mol. The standard InChI is InChI=1S/C19H38O2/c1-6-7-8-9-10-11-12-13-14-15-17(21-5)16-18(20)19(2,3)4/h17H,6-16H2,1-5H3/t17-/m1/s1. The lowest BCUT2D eigenvalue weighted by atomic mass is 9.87. The van der Waals surface area contributed by atoms with Gasteiger partial charge in [0.15, 0.2) is 0 Å². The Labute approximate surface area is 133 Å². The van der Waals surface area contributed by atoms with Crippen LogP contribution in [0.5, 0.6) is 0 Å². The van der Waals surface area contributed by atoms with Crippen LogP contribution in [-0.4, -0.2) is 19.0 Å². The van der Waals surface area contributed by atoms with E-state index in [4.69, 9.17) is 4.74 Å². The minimum atomic E-state index is -0.241. The Morgan fingerprint density at radius 3 is 1.81 bits per heavy atom. The third kappa shape index (κ3) is 11.9. The molecule has 0 N–H and O–H groups in total. The quantitative estimate of drug-likeness (QED) is 0.394. The molecule has 0 spiro atoms. The Bertz CT molecular complexity index is 253. The molecule has 0 amide bonds. The first-order chi connectivity index (χ1) is 9.91. The summed E-state index contributed by atoms with van der Waals surface area (Å²) in [7, 11) is 1.73. The minimum Gasteiger partial charge on any atom is -0.381 e. The van der Waals surface area contributed by atoms with E-state index >= 15 is 0 Å². The van der Waals surface area contributed by atoms with E-state index in [-0.39, 0.29) is 11.5 Å². The molecule has 0 aromatic rings. The summed E-state index contributed by atoms with van der Waals surface area (Å²) in [5, 5.41) is 0. The molecule has 0 bridgehead atoms. The zero-order valence-electron chi connectivity index (χ0n) is 15.2. The van der Waals surface area contributed by atoms with Gasteiger partial charge in [-0.15, -0.1) is 0 Å². The molecular formula is C19H38O2. The van der Waals surface area contributed by atoms with Crippen molar-refractivity contribution < 1.29 is 9.53 Å². The molecule has 0 fully saturated rings. The van der Waals surface area contributed by atoms with Gasteiger partial charge in [-0.3, -0.25) is 4.79 Å². The van der Waals surface area contributed by atoms with Crippen molar-refractivity contribution in [3.8, 4) is 0 Å². The van der Waals surface area contributed by atoms with Gasteiger partial charge in [0.2, 0.25) is 0 Å². The van der Waals surface area contributed by atoms with E-state index in [1.54, 1.807) is 7.11 Å². The Morgan fingerprint density at radius 2 is 1.38 bits per heavy atom. The van der Waals surface area contributed by atoms with Crippen LogP contribution in [0.25, 0.3) is 0 Å². The molecule has 0 radical (unpaired) electrons. The van der Waals surface area contributed by atoms with Crippen molar-refractivity contribution in [1.82, 2.24) is 0 Å². The van der Waals surface area contributed by atoms with Crippen LogP contribution >= 0.6 is 0 Å². The van der Waals surface area contributed by atoms with Crippen molar-refractivity contribution in [2.24, 2.45) is 5.41 Å². The first kappa shape index (κ1) is 20.6. The van der Waals surface area contributed by atoms with E-state index in [1.165, 1.54) is 57.8 Å². The van der Waals surface area contributed by atoms with Gasteiger partial charge >= 0.3 is 0 Å². The number of Topliss-reactive ketones (excluding diaryl/α,β-unsaturated/α-hetero) is 1. The summed E-state index contributed by atoms with van der Waals surface area (Å²) >= 11 is 0. The molecule has 0 aromatic heterocycles. The highest BCUT2D eigenvalue weighted by Gasteiger charge is 2.24. The monoisotopic (exact) mass is 298 g/mol. The molecule has 1 atom stereocenters. The van der Waals surface area contributed by atoms with Crippen LogP contribution in [-0.2, 0) is 9.53 Å². The predicted molar refractivity (Wildman–Crippen MR) is 91.7 cm³/mol. The third-order valence-electron chi connectivity index (χ3n) is 4.21. The van der Waals surface area contributed by atoms with E-state index < -0.39 is 0 Å². The predicted octanol–water partition coefficient (Wildman–Crippen LogP) is 5.93. The molecule has 0 aliphatic rings. The van der Waals surface area contributed by atoms with Gasteiger partial charge in [0.25, 0.3) is 0 Å². The normalized spacial score (nSPS) is 13.4. The Morgan fingerprint density at radius 1 is 0.905 bits per heavy atom. The number of unbranched alkanes of at least 4 members (excludes halogenated alkanes) is 8. The lowest BCUT2D eigenvalue weighted by Crippen LogP contribution is -2.26. The number of carbonyl (C=O) groups is 1. The summed E-state index contributed by atoms with van der Waals surface area (Å²) in [6.45, 7) is 8.22. The summed E-state index contributed by atoms with van der Waals surface area (Å²) < 4.78 is 5.47. The van der Waals surface area contributed by atoms with Crippen molar-refractivity contribution in [3.63, 3.8) is 0 Å². The van der Waals surface area contributed by atoms with Crippen LogP contribution in [0.3, 0.4) is 0 Å². The maximum Gasteiger partial charge on any atom is 0.140 e. The van der Waals surface area contributed by atoms with Crippen LogP contribution in [0, 0.1) is 5.41 Å². The lowest BCUT2D eigenvalue weighted by Gasteiger charge is -2.21. The largest absolute Gasteiger partial charge is 0.381 e. The molecule has 0 aromatic carbocycles. The fourth-order valence-corrected chi connectivity index (χ4v) is 2.50. The smallest absolute Gasteiger partial charge is 0.140 e. The first-order valence-corrected chi connectivity index (χ1v) is 8.98. The van der Waals surface area contributed by atoms with Gasteiger partial charge in [0, 0.05) is 18.9 Å². The summed E-state index contributed by atoms with van der Waals surface area (Å²) in [6.07, 6.45) is 13.7. The highest BCUT2D eigenvalue weighted by Crippen LogP contribution is 2.21. The van der Waals surface area contributed by atoms with Crippen molar-refractivity contribution in [2.75, 3.05) is 7.11 Å². The number of ketones is 1. The molecule has 2 nitrogen and oxygen atoms in total. The van der Waals surface area contributed by atoms with Gasteiger partial charge in [-0.2, -0.15) is 0 Å². The lowest BCUT2D eigenvalue weighted by molar-refractivity contribution is -0.128. The van der Waals surface area contributed by atoms with Gasteiger partial charge in [-0.05, 0) is 6.42 Å². The van der Waals surface area contributed by atoms with E-state index in [9.17, 15) is 4.79 Å². The first-order valence-electron chi connectivity index (χ1n) is 8.98. The third-order valence-corrected chi connectivity index (χ3v) is 4.21.